The first-order chi connectivity index (χ1) is 8.79. The van der Waals surface area contributed by atoms with Crippen LogP contribution in [0.25, 0.3) is 10.9 Å². The summed E-state index contributed by atoms with van der Waals surface area (Å²) in [7, 11) is 0. The van der Waals surface area contributed by atoms with Crippen LogP contribution in [-0.2, 0) is 22.6 Å². The van der Waals surface area contributed by atoms with Crippen molar-refractivity contribution in [3.8, 4) is 0 Å². The molecule has 94 valence electrons. The molecule has 18 heavy (non-hydrogen) atoms. The Bertz CT molecular complexity index is 591. The number of fused-ring (bicyclic) bond motifs is 1. The van der Waals surface area contributed by atoms with Gasteiger partial charge in [-0.15, -0.1) is 0 Å². The number of hydrogen-bond acceptors (Lipinski definition) is 4. The number of aromatic nitrogens is 2. The first kappa shape index (κ1) is 11.2. The van der Waals surface area contributed by atoms with Crippen LogP contribution in [0.1, 0.15) is 17.5 Å². The number of rotatable bonds is 3. The molecule has 0 amide bonds. The van der Waals surface area contributed by atoms with E-state index < -0.39 is 0 Å². The zero-order valence-corrected chi connectivity index (χ0v) is 9.85. The van der Waals surface area contributed by atoms with Crippen molar-refractivity contribution < 1.29 is 14.6 Å². The van der Waals surface area contributed by atoms with Gasteiger partial charge in [0.15, 0.2) is 0 Å². The summed E-state index contributed by atoms with van der Waals surface area (Å²) < 4.78 is 4.96. The molecule has 2 aromatic rings. The van der Waals surface area contributed by atoms with E-state index >= 15 is 0 Å². The minimum absolute atomic E-state index is 0.0476. The highest BCUT2D eigenvalue weighted by atomic mass is 16.5. The number of hydrogen-bond donors (Lipinski definition) is 2. The van der Waals surface area contributed by atoms with E-state index in [1.165, 1.54) is 0 Å². The van der Waals surface area contributed by atoms with Crippen LogP contribution < -0.4 is 0 Å². The molecule has 1 unspecified atom stereocenters. The molecule has 2 N–H and O–H groups in total. The van der Waals surface area contributed by atoms with E-state index in [-0.39, 0.29) is 18.5 Å². The van der Waals surface area contributed by atoms with Gasteiger partial charge in [-0.05, 0) is 30.0 Å². The third kappa shape index (κ3) is 1.76. The highest BCUT2D eigenvalue weighted by Gasteiger charge is 2.27. The maximum absolute atomic E-state index is 11.5. The Labute approximate surface area is 104 Å². The molecule has 1 aliphatic rings. The van der Waals surface area contributed by atoms with E-state index in [9.17, 15) is 9.90 Å². The largest absolute Gasteiger partial charge is 0.465 e. The summed E-state index contributed by atoms with van der Waals surface area (Å²) in [5, 5.41) is 17.3. The maximum Gasteiger partial charge on any atom is 0.309 e. The van der Waals surface area contributed by atoms with Gasteiger partial charge in [0.25, 0.3) is 0 Å². The molecule has 0 radical (unpaired) electrons. The summed E-state index contributed by atoms with van der Waals surface area (Å²) in [6.07, 6.45) is 3.08. The first-order valence-corrected chi connectivity index (χ1v) is 6.01. The number of aromatic amines is 1. The van der Waals surface area contributed by atoms with Gasteiger partial charge in [0.05, 0.1) is 30.8 Å². The lowest BCUT2D eigenvalue weighted by Gasteiger charge is -2.11. The molecule has 3 rings (SSSR count). The quantitative estimate of drug-likeness (QED) is 0.797. The van der Waals surface area contributed by atoms with Gasteiger partial charge >= 0.3 is 5.97 Å². The summed E-state index contributed by atoms with van der Waals surface area (Å²) in [6, 6.07) is 3.87. The number of carbonyl (C=O) groups is 1. The normalized spacial score (nSPS) is 19.4. The van der Waals surface area contributed by atoms with Crippen LogP contribution in [0.5, 0.6) is 0 Å². The van der Waals surface area contributed by atoms with Crippen molar-refractivity contribution in [3.05, 3.63) is 29.5 Å². The van der Waals surface area contributed by atoms with Crippen LogP contribution >= 0.6 is 0 Å². The van der Waals surface area contributed by atoms with Gasteiger partial charge < -0.3 is 9.84 Å². The molecule has 1 atom stereocenters. The van der Waals surface area contributed by atoms with Crippen molar-refractivity contribution in [1.29, 1.82) is 0 Å². The minimum Gasteiger partial charge on any atom is -0.465 e. The van der Waals surface area contributed by atoms with Crippen molar-refractivity contribution in [2.45, 2.75) is 19.4 Å². The summed E-state index contributed by atoms with van der Waals surface area (Å²) >= 11 is 0. The number of cyclic esters (lactones) is 1. The average molecular weight is 246 g/mol. The molecule has 0 bridgehead atoms. The number of H-pyrrole nitrogens is 1. The van der Waals surface area contributed by atoms with Gasteiger partial charge in [0.2, 0.25) is 0 Å². The predicted octanol–water partition coefficient (Wildman–Crippen LogP) is 1.16. The van der Waals surface area contributed by atoms with E-state index in [1.54, 1.807) is 6.20 Å². The van der Waals surface area contributed by atoms with Crippen LogP contribution in [0.4, 0.5) is 0 Å². The maximum atomic E-state index is 11.5. The third-order valence-electron chi connectivity index (χ3n) is 3.50. The fourth-order valence-electron chi connectivity index (χ4n) is 2.49. The van der Waals surface area contributed by atoms with Crippen molar-refractivity contribution >= 4 is 16.9 Å². The molecule has 0 spiro atoms. The van der Waals surface area contributed by atoms with Crippen LogP contribution in [0.15, 0.2) is 18.3 Å². The van der Waals surface area contributed by atoms with E-state index in [4.69, 9.17) is 4.74 Å². The predicted molar refractivity (Wildman–Crippen MR) is 64.8 cm³/mol. The summed E-state index contributed by atoms with van der Waals surface area (Å²) in [6.45, 7) is 0.458. The Morgan fingerprint density at radius 3 is 3.11 bits per heavy atom. The number of nitrogens with zero attached hydrogens (tertiary/aromatic N) is 1. The van der Waals surface area contributed by atoms with E-state index in [0.717, 1.165) is 28.5 Å². The molecule has 1 saturated heterocycles. The lowest BCUT2D eigenvalue weighted by molar-refractivity contribution is -0.141. The first-order valence-electron chi connectivity index (χ1n) is 6.01. The number of ether oxygens (including phenoxy) is 1. The number of aliphatic hydroxyl groups excluding tert-OH is 1. The Hall–Kier alpha value is -1.88. The van der Waals surface area contributed by atoms with Crippen LogP contribution in [-0.4, -0.2) is 27.9 Å². The van der Waals surface area contributed by atoms with Crippen molar-refractivity contribution in [2.24, 2.45) is 5.92 Å². The monoisotopic (exact) mass is 246 g/mol. The molecule has 1 fully saturated rings. The second kappa shape index (κ2) is 4.42. The van der Waals surface area contributed by atoms with Gasteiger partial charge in [0, 0.05) is 5.39 Å². The van der Waals surface area contributed by atoms with Crippen molar-refractivity contribution in [1.82, 2.24) is 10.2 Å². The van der Waals surface area contributed by atoms with Gasteiger partial charge in [-0.2, -0.15) is 5.10 Å². The van der Waals surface area contributed by atoms with Crippen LogP contribution in [0.2, 0.25) is 0 Å². The van der Waals surface area contributed by atoms with E-state index in [2.05, 4.69) is 10.2 Å². The van der Waals surface area contributed by atoms with Gasteiger partial charge in [-0.1, -0.05) is 6.07 Å². The molecule has 2 heterocycles. The van der Waals surface area contributed by atoms with Crippen molar-refractivity contribution in [2.75, 3.05) is 6.61 Å². The number of carbonyl (C=O) groups excluding carboxylic acids is 1. The summed E-state index contributed by atoms with van der Waals surface area (Å²) in [4.78, 5) is 11.5. The standard InChI is InChI=1S/C13H14N2O3/c16-7-11-8(5-9-3-4-18-13(9)17)1-2-12-10(11)6-14-15-12/h1-2,6,9,16H,3-5,7H2,(H,14,15). The second-order valence-corrected chi connectivity index (χ2v) is 4.55. The minimum atomic E-state index is -0.133. The Balaban J connectivity index is 1.97. The van der Waals surface area contributed by atoms with Gasteiger partial charge in [-0.25, -0.2) is 0 Å². The van der Waals surface area contributed by atoms with Gasteiger partial charge in [0.1, 0.15) is 0 Å². The highest BCUT2D eigenvalue weighted by Crippen LogP contribution is 2.26. The lowest BCUT2D eigenvalue weighted by atomic mass is 9.93. The summed E-state index contributed by atoms with van der Waals surface area (Å²) in [5.74, 6) is -0.217. The van der Waals surface area contributed by atoms with Crippen LogP contribution in [0, 0.1) is 5.92 Å². The molecule has 0 aliphatic carbocycles. The topological polar surface area (TPSA) is 75.2 Å². The SMILES string of the molecule is O=C1OCCC1Cc1ccc2[nH]ncc2c1CO. The smallest absolute Gasteiger partial charge is 0.309 e. The van der Waals surface area contributed by atoms with E-state index in [1.807, 2.05) is 12.1 Å². The van der Waals surface area contributed by atoms with Crippen LogP contribution in [0.3, 0.4) is 0 Å². The van der Waals surface area contributed by atoms with Gasteiger partial charge in [-0.3, -0.25) is 9.89 Å². The number of esters is 1. The average Bonchev–Trinajstić information content (AvgIpc) is 2.99. The molecular weight excluding hydrogens is 232 g/mol. The Kier molecular flexibility index (Phi) is 2.76. The lowest BCUT2D eigenvalue weighted by Crippen LogP contribution is -2.12. The zero-order chi connectivity index (χ0) is 12.5. The third-order valence-corrected chi connectivity index (χ3v) is 3.50. The second-order valence-electron chi connectivity index (χ2n) is 4.55. The summed E-state index contributed by atoms with van der Waals surface area (Å²) in [5.41, 5.74) is 2.74. The fraction of sp³-hybridized carbons (Fsp3) is 0.385. The zero-order valence-electron chi connectivity index (χ0n) is 9.85. The number of aliphatic hydroxyl groups is 1. The highest BCUT2D eigenvalue weighted by molar-refractivity contribution is 5.83. The Morgan fingerprint density at radius 2 is 2.39 bits per heavy atom. The molecule has 5 nitrogen and oxygen atoms in total. The molecular formula is C13H14N2O3. The molecule has 1 aliphatic heterocycles. The van der Waals surface area contributed by atoms with Crippen molar-refractivity contribution in [3.63, 3.8) is 0 Å². The number of nitrogens with one attached hydrogen (secondary N) is 1. The molecule has 1 aromatic carbocycles. The number of benzene rings is 1. The van der Waals surface area contributed by atoms with E-state index in [0.29, 0.717) is 13.0 Å². The molecule has 1 aromatic heterocycles. The molecule has 5 heteroatoms. The molecule has 0 saturated carbocycles. The fourth-order valence-corrected chi connectivity index (χ4v) is 2.49. The Morgan fingerprint density at radius 1 is 1.50 bits per heavy atom.